The Morgan fingerprint density at radius 2 is 1.94 bits per heavy atom. The summed E-state index contributed by atoms with van der Waals surface area (Å²) in [6.07, 6.45) is 0.629. The Hall–Kier alpha value is -3.10. The highest BCUT2D eigenvalue weighted by atomic mass is 35.5. The fourth-order valence-corrected chi connectivity index (χ4v) is 4.49. The van der Waals surface area contributed by atoms with E-state index in [2.05, 4.69) is 20.6 Å². The van der Waals surface area contributed by atoms with Gasteiger partial charge >= 0.3 is 0 Å². The fraction of sp³-hybridized carbons (Fsp3) is 0.217. The molecule has 7 nitrogen and oxygen atoms in total. The van der Waals surface area contributed by atoms with Crippen molar-refractivity contribution in [1.82, 2.24) is 9.97 Å². The van der Waals surface area contributed by atoms with Gasteiger partial charge in [0.15, 0.2) is 5.16 Å². The van der Waals surface area contributed by atoms with Gasteiger partial charge in [0.05, 0.1) is 11.5 Å². The minimum Gasteiger partial charge on any atom is -0.325 e. The maximum absolute atomic E-state index is 13.0. The number of aromatic amines is 1. The molecule has 0 bridgehead atoms. The first-order valence-electron chi connectivity index (χ1n) is 10.1. The van der Waals surface area contributed by atoms with Gasteiger partial charge in [-0.2, -0.15) is 0 Å². The quantitative estimate of drug-likeness (QED) is 0.368. The lowest BCUT2D eigenvalue weighted by Crippen LogP contribution is -2.36. The normalized spacial score (nSPS) is 15.1. The number of benzene rings is 2. The van der Waals surface area contributed by atoms with E-state index in [0.29, 0.717) is 21.6 Å². The highest BCUT2D eigenvalue weighted by molar-refractivity contribution is 7.98. The Balaban J connectivity index is 1.57. The molecule has 0 saturated heterocycles. The monoisotopic (exact) mass is 468 g/mol. The van der Waals surface area contributed by atoms with Crippen LogP contribution >= 0.6 is 23.4 Å². The van der Waals surface area contributed by atoms with Crippen LogP contribution in [-0.2, 0) is 21.8 Å². The zero-order chi connectivity index (χ0) is 22.7. The molecule has 4 rings (SSSR count). The molecule has 1 aliphatic heterocycles. The van der Waals surface area contributed by atoms with Gasteiger partial charge in [-0.3, -0.25) is 14.4 Å². The molecule has 0 aliphatic carbocycles. The molecule has 32 heavy (non-hydrogen) atoms. The van der Waals surface area contributed by atoms with E-state index in [-0.39, 0.29) is 23.7 Å². The number of carbonyl (C=O) groups excluding carboxylic acids is 2. The summed E-state index contributed by atoms with van der Waals surface area (Å²) in [7, 11) is 0. The van der Waals surface area contributed by atoms with Crippen LogP contribution in [-0.4, -0.2) is 21.8 Å². The second-order valence-electron chi connectivity index (χ2n) is 7.35. The number of anilines is 2. The summed E-state index contributed by atoms with van der Waals surface area (Å²) in [4.78, 5) is 45.3. The first kappa shape index (κ1) is 22.1. The van der Waals surface area contributed by atoms with E-state index in [4.69, 9.17) is 11.6 Å². The molecule has 0 unspecified atom stereocenters. The second kappa shape index (κ2) is 9.58. The van der Waals surface area contributed by atoms with Crippen molar-refractivity contribution in [3.63, 3.8) is 0 Å². The highest BCUT2D eigenvalue weighted by Gasteiger charge is 2.35. The molecular weight excluding hydrogens is 448 g/mol. The lowest BCUT2D eigenvalue weighted by atomic mass is 9.92. The van der Waals surface area contributed by atoms with Crippen molar-refractivity contribution in [2.24, 2.45) is 0 Å². The molecule has 0 spiro atoms. The van der Waals surface area contributed by atoms with Gasteiger partial charge in [0.25, 0.3) is 5.56 Å². The summed E-state index contributed by atoms with van der Waals surface area (Å²) >= 11 is 7.23. The van der Waals surface area contributed by atoms with Crippen LogP contribution in [0.3, 0.4) is 0 Å². The zero-order valence-electron chi connectivity index (χ0n) is 17.3. The number of halogens is 1. The number of amides is 2. The SMILES string of the molecule is CCc1ccccc1NC(=O)[C@@H]1CC(=O)Nc2nc(SCc3ccc(Cl)cc3)[nH]c(=O)c21. The van der Waals surface area contributed by atoms with Crippen LogP contribution in [0, 0.1) is 0 Å². The topological polar surface area (TPSA) is 104 Å². The molecular formula is C23H21ClN4O3S. The van der Waals surface area contributed by atoms with E-state index in [9.17, 15) is 14.4 Å². The van der Waals surface area contributed by atoms with E-state index < -0.39 is 17.4 Å². The number of rotatable bonds is 6. The van der Waals surface area contributed by atoms with Crippen molar-refractivity contribution in [3.8, 4) is 0 Å². The highest BCUT2D eigenvalue weighted by Crippen LogP contribution is 2.31. The summed E-state index contributed by atoms with van der Waals surface area (Å²) in [5, 5.41) is 6.52. The van der Waals surface area contributed by atoms with Crippen molar-refractivity contribution >= 4 is 46.7 Å². The summed E-state index contributed by atoms with van der Waals surface area (Å²) in [5.74, 6) is -0.989. The molecule has 1 aromatic heterocycles. The average molecular weight is 469 g/mol. The van der Waals surface area contributed by atoms with Crippen LogP contribution in [0.15, 0.2) is 58.5 Å². The largest absolute Gasteiger partial charge is 0.325 e. The molecule has 9 heteroatoms. The Kier molecular flexibility index (Phi) is 6.62. The number of para-hydroxylation sites is 1. The summed E-state index contributed by atoms with van der Waals surface area (Å²) in [5.41, 5.74) is 2.40. The van der Waals surface area contributed by atoms with Crippen LogP contribution in [0.4, 0.5) is 11.5 Å². The van der Waals surface area contributed by atoms with Crippen molar-refractivity contribution in [3.05, 3.63) is 80.6 Å². The Morgan fingerprint density at radius 1 is 1.19 bits per heavy atom. The first-order chi connectivity index (χ1) is 15.4. The van der Waals surface area contributed by atoms with Gasteiger partial charge < -0.3 is 15.6 Å². The number of aryl methyl sites for hydroxylation is 1. The number of nitrogens with one attached hydrogen (secondary N) is 3. The molecule has 0 radical (unpaired) electrons. The second-order valence-corrected chi connectivity index (χ2v) is 8.75. The average Bonchev–Trinajstić information content (AvgIpc) is 2.78. The molecule has 1 aliphatic rings. The number of carbonyl (C=O) groups is 2. The molecule has 2 heterocycles. The molecule has 2 aromatic carbocycles. The smallest absolute Gasteiger partial charge is 0.257 e. The number of nitrogens with zero attached hydrogens (tertiary/aromatic N) is 1. The third-order valence-corrected chi connectivity index (χ3v) is 6.39. The molecule has 0 saturated carbocycles. The van der Waals surface area contributed by atoms with E-state index >= 15 is 0 Å². The van der Waals surface area contributed by atoms with Crippen molar-refractivity contribution in [2.45, 2.75) is 36.6 Å². The van der Waals surface area contributed by atoms with Crippen LogP contribution in [0.2, 0.25) is 5.02 Å². The van der Waals surface area contributed by atoms with Gasteiger partial charge in [0.2, 0.25) is 11.8 Å². The molecule has 1 atom stereocenters. The molecule has 0 fully saturated rings. The summed E-state index contributed by atoms with van der Waals surface area (Å²) < 4.78 is 0. The first-order valence-corrected chi connectivity index (χ1v) is 11.5. The molecule has 2 amide bonds. The minimum atomic E-state index is -0.921. The van der Waals surface area contributed by atoms with Crippen LogP contribution < -0.4 is 16.2 Å². The third-order valence-electron chi connectivity index (χ3n) is 5.19. The van der Waals surface area contributed by atoms with E-state index in [1.807, 2.05) is 37.3 Å². The van der Waals surface area contributed by atoms with E-state index in [0.717, 1.165) is 17.5 Å². The number of fused-ring (bicyclic) bond motifs is 1. The third kappa shape index (κ3) is 4.87. The number of hydrogen-bond acceptors (Lipinski definition) is 5. The molecule has 3 N–H and O–H groups in total. The maximum Gasteiger partial charge on any atom is 0.257 e. The summed E-state index contributed by atoms with van der Waals surface area (Å²) in [6.45, 7) is 1.99. The van der Waals surface area contributed by atoms with Crippen LogP contribution in [0.5, 0.6) is 0 Å². The fourth-order valence-electron chi connectivity index (χ4n) is 3.55. The Morgan fingerprint density at radius 3 is 2.69 bits per heavy atom. The molecule has 164 valence electrons. The van der Waals surface area contributed by atoms with Crippen molar-refractivity contribution < 1.29 is 9.59 Å². The van der Waals surface area contributed by atoms with E-state index in [1.54, 1.807) is 18.2 Å². The standard InChI is InChI=1S/C23H21ClN4O3S/c1-2-14-5-3-4-6-17(14)25-21(30)16-11-18(29)26-20-19(16)22(31)28-23(27-20)32-12-13-7-9-15(24)10-8-13/h3-10,16H,2,11-12H2,1H3,(H,25,30)(H2,26,27,28,29,31)/t16-/m1/s1. The maximum atomic E-state index is 13.0. The van der Waals surface area contributed by atoms with Gasteiger partial charge in [0.1, 0.15) is 5.82 Å². The van der Waals surface area contributed by atoms with Crippen LogP contribution in [0.1, 0.15) is 36.0 Å². The Labute approximate surface area is 194 Å². The molecule has 3 aromatic rings. The zero-order valence-corrected chi connectivity index (χ0v) is 18.8. The summed E-state index contributed by atoms with van der Waals surface area (Å²) in [6, 6.07) is 14.8. The number of hydrogen-bond donors (Lipinski definition) is 3. The van der Waals surface area contributed by atoms with Crippen molar-refractivity contribution in [1.29, 1.82) is 0 Å². The van der Waals surface area contributed by atoms with Gasteiger partial charge in [-0.1, -0.05) is 60.6 Å². The van der Waals surface area contributed by atoms with Gasteiger partial charge in [-0.05, 0) is 35.7 Å². The number of aromatic nitrogens is 2. The van der Waals surface area contributed by atoms with E-state index in [1.165, 1.54) is 11.8 Å². The number of thioether (sulfide) groups is 1. The predicted octanol–water partition coefficient (Wildman–Crippen LogP) is 4.34. The minimum absolute atomic E-state index is 0.116. The van der Waals surface area contributed by atoms with Crippen LogP contribution in [0.25, 0.3) is 0 Å². The van der Waals surface area contributed by atoms with Gasteiger partial charge in [-0.25, -0.2) is 4.98 Å². The lowest BCUT2D eigenvalue weighted by Gasteiger charge is -2.24. The predicted molar refractivity (Wildman–Crippen MR) is 126 cm³/mol. The number of H-pyrrole nitrogens is 1. The van der Waals surface area contributed by atoms with Gasteiger partial charge in [0, 0.05) is 22.9 Å². The lowest BCUT2D eigenvalue weighted by molar-refractivity contribution is -0.123. The van der Waals surface area contributed by atoms with Crippen molar-refractivity contribution in [2.75, 3.05) is 10.6 Å². The Bertz CT molecular complexity index is 1230. The van der Waals surface area contributed by atoms with Gasteiger partial charge in [-0.15, -0.1) is 0 Å².